The van der Waals surface area contributed by atoms with Crippen molar-refractivity contribution in [2.24, 2.45) is 0 Å². The normalized spacial score (nSPS) is 11.5. The molecule has 10 rings (SSSR count). The van der Waals surface area contributed by atoms with Crippen LogP contribution in [0.2, 0.25) is 0 Å². The maximum atomic E-state index is 5.20. The van der Waals surface area contributed by atoms with Crippen molar-refractivity contribution in [3.63, 3.8) is 0 Å². The summed E-state index contributed by atoms with van der Waals surface area (Å²) in [5, 5.41) is 7.75. The molecule has 2 heterocycles. The number of nitrogens with zero attached hydrogens (tertiary/aromatic N) is 3. The molecular formula is C49H31N3. The van der Waals surface area contributed by atoms with Crippen LogP contribution in [0.3, 0.4) is 0 Å². The van der Waals surface area contributed by atoms with E-state index >= 15 is 0 Å². The molecule has 0 N–H and O–H groups in total. The Hall–Kier alpha value is -6.97. The molecule has 0 saturated heterocycles. The van der Waals surface area contributed by atoms with Gasteiger partial charge < -0.3 is 0 Å². The fourth-order valence-corrected chi connectivity index (χ4v) is 7.59. The summed E-state index contributed by atoms with van der Waals surface area (Å²) in [6, 6.07) is 62.4. The van der Waals surface area contributed by atoms with Crippen LogP contribution in [0.1, 0.15) is 0 Å². The summed E-state index contributed by atoms with van der Waals surface area (Å²) in [7, 11) is 0. The van der Waals surface area contributed by atoms with Crippen LogP contribution in [0.5, 0.6) is 0 Å². The molecular weight excluding hydrogens is 631 g/mol. The molecule has 3 heteroatoms. The minimum Gasteiger partial charge on any atom is -0.264 e. The number of aromatic nitrogens is 3. The van der Waals surface area contributed by atoms with E-state index in [0.29, 0.717) is 5.82 Å². The van der Waals surface area contributed by atoms with Gasteiger partial charge in [-0.3, -0.25) is 4.98 Å². The second kappa shape index (κ2) is 12.4. The summed E-state index contributed by atoms with van der Waals surface area (Å²) < 4.78 is 0. The topological polar surface area (TPSA) is 38.7 Å². The minimum absolute atomic E-state index is 0.684. The molecule has 0 bridgehead atoms. The largest absolute Gasteiger partial charge is 0.264 e. The number of hydrogen-bond donors (Lipinski definition) is 0. The maximum Gasteiger partial charge on any atom is 0.160 e. The van der Waals surface area contributed by atoms with E-state index < -0.39 is 0 Å². The molecule has 0 fully saturated rings. The molecule has 0 spiro atoms. The first-order valence-electron chi connectivity index (χ1n) is 17.6. The van der Waals surface area contributed by atoms with Crippen LogP contribution in [-0.4, -0.2) is 15.0 Å². The predicted octanol–water partition coefficient (Wildman–Crippen LogP) is 12.8. The summed E-state index contributed by atoms with van der Waals surface area (Å²) >= 11 is 0. The van der Waals surface area contributed by atoms with Gasteiger partial charge in [0.2, 0.25) is 0 Å². The molecule has 0 saturated carbocycles. The Bertz CT molecular complexity index is 2850. The highest BCUT2D eigenvalue weighted by Gasteiger charge is 2.16. The molecule has 0 aliphatic rings. The van der Waals surface area contributed by atoms with Crippen molar-refractivity contribution in [3.05, 3.63) is 188 Å². The van der Waals surface area contributed by atoms with E-state index in [-0.39, 0.29) is 0 Å². The SMILES string of the molecule is c1ccc(-c2ccc(-c3nc(-c4ccc(-c5ccc6ccc7cccc8ccc5c6c78)cc4)cc(-c4ccccc4-c4cccnc4)n3)cc2)cc1. The number of hydrogen-bond acceptors (Lipinski definition) is 3. The Morgan fingerprint density at radius 2 is 0.923 bits per heavy atom. The van der Waals surface area contributed by atoms with E-state index in [2.05, 4.69) is 169 Å². The molecule has 242 valence electrons. The van der Waals surface area contributed by atoms with Gasteiger partial charge in [0.25, 0.3) is 0 Å². The molecule has 0 atom stereocenters. The summed E-state index contributed by atoms with van der Waals surface area (Å²) in [5.74, 6) is 0.684. The van der Waals surface area contributed by atoms with Crippen molar-refractivity contribution in [3.8, 4) is 67.3 Å². The highest BCUT2D eigenvalue weighted by molar-refractivity contribution is 6.25. The average Bonchev–Trinajstić information content (AvgIpc) is 3.23. The first kappa shape index (κ1) is 29.9. The second-order valence-corrected chi connectivity index (χ2v) is 13.2. The van der Waals surface area contributed by atoms with E-state index in [4.69, 9.17) is 9.97 Å². The lowest BCUT2D eigenvalue weighted by molar-refractivity contribution is 1.18. The van der Waals surface area contributed by atoms with Crippen molar-refractivity contribution in [1.82, 2.24) is 15.0 Å². The van der Waals surface area contributed by atoms with Gasteiger partial charge in [-0.15, -0.1) is 0 Å². The lowest BCUT2D eigenvalue weighted by Crippen LogP contribution is -1.97. The van der Waals surface area contributed by atoms with E-state index in [9.17, 15) is 0 Å². The monoisotopic (exact) mass is 661 g/mol. The predicted molar refractivity (Wildman–Crippen MR) is 216 cm³/mol. The third kappa shape index (κ3) is 5.19. The van der Waals surface area contributed by atoms with Gasteiger partial charge in [-0.2, -0.15) is 0 Å². The maximum absolute atomic E-state index is 5.20. The third-order valence-electron chi connectivity index (χ3n) is 10.2. The van der Waals surface area contributed by atoms with Gasteiger partial charge in [0, 0.05) is 34.6 Å². The first-order valence-corrected chi connectivity index (χ1v) is 17.6. The lowest BCUT2D eigenvalue weighted by atomic mass is 9.89. The zero-order chi connectivity index (χ0) is 34.4. The smallest absolute Gasteiger partial charge is 0.160 e. The van der Waals surface area contributed by atoms with E-state index in [0.717, 1.165) is 44.8 Å². The van der Waals surface area contributed by atoms with Crippen LogP contribution in [-0.2, 0) is 0 Å². The zero-order valence-electron chi connectivity index (χ0n) is 28.2. The van der Waals surface area contributed by atoms with Crippen LogP contribution in [0.4, 0.5) is 0 Å². The number of pyridine rings is 1. The first-order chi connectivity index (χ1) is 25.8. The fraction of sp³-hybridized carbons (Fsp3) is 0. The summed E-state index contributed by atoms with van der Waals surface area (Å²) in [4.78, 5) is 14.8. The van der Waals surface area contributed by atoms with Crippen molar-refractivity contribution in [2.75, 3.05) is 0 Å². The van der Waals surface area contributed by atoms with Gasteiger partial charge in [0.05, 0.1) is 11.4 Å². The third-order valence-corrected chi connectivity index (χ3v) is 10.2. The van der Waals surface area contributed by atoms with Gasteiger partial charge in [-0.25, -0.2) is 9.97 Å². The molecule has 0 aliphatic carbocycles. The molecule has 0 unspecified atom stereocenters. The van der Waals surface area contributed by atoms with E-state index in [1.165, 1.54) is 49.0 Å². The van der Waals surface area contributed by atoms with Crippen LogP contribution >= 0.6 is 0 Å². The van der Waals surface area contributed by atoms with Gasteiger partial charge in [0.15, 0.2) is 5.82 Å². The number of rotatable bonds is 6. The minimum atomic E-state index is 0.684. The standard InChI is InChI=1S/C49H31N3/c1-2-8-32(9-3-1)33-15-23-39(24-16-33)49-51-45(30-46(52-49)43-14-5-4-13-41(43)40-12-7-29-50-31-40)35-19-17-34(18-20-35)42-27-25-38-22-21-36-10-6-11-37-26-28-44(42)48(38)47(36)37/h1-31H. The zero-order valence-corrected chi connectivity index (χ0v) is 28.2. The summed E-state index contributed by atoms with van der Waals surface area (Å²) in [6.07, 6.45) is 3.71. The summed E-state index contributed by atoms with van der Waals surface area (Å²) in [5.41, 5.74) is 11.6. The lowest BCUT2D eigenvalue weighted by Gasteiger charge is -2.15. The molecule has 0 amide bonds. The quantitative estimate of drug-likeness (QED) is 0.166. The Kier molecular flexibility index (Phi) is 7.14. The Balaban J connectivity index is 1.10. The van der Waals surface area contributed by atoms with Gasteiger partial charge in [-0.1, -0.05) is 164 Å². The van der Waals surface area contributed by atoms with Crippen molar-refractivity contribution in [2.45, 2.75) is 0 Å². The van der Waals surface area contributed by atoms with Gasteiger partial charge >= 0.3 is 0 Å². The van der Waals surface area contributed by atoms with Crippen molar-refractivity contribution in [1.29, 1.82) is 0 Å². The molecule has 52 heavy (non-hydrogen) atoms. The van der Waals surface area contributed by atoms with Crippen LogP contribution < -0.4 is 0 Å². The van der Waals surface area contributed by atoms with Crippen molar-refractivity contribution < 1.29 is 0 Å². The second-order valence-electron chi connectivity index (χ2n) is 13.2. The Morgan fingerprint density at radius 1 is 0.327 bits per heavy atom. The van der Waals surface area contributed by atoms with E-state index in [1.54, 1.807) is 6.20 Å². The molecule has 3 nitrogen and oxygen atoms in total. The molecule has 8 aromatic carbocycles. The molecule has 0 aliphatic heterocycles. The average molecular weight is 662 g/mol. The van der Waals surface area contributed by atoms with Crippen molar-refractivity contribution >= 4 is 32.3 Å². The Labute approximate surface area is 301 Å². The van der Waals surface area contributed by atoms with Crippen LogP contribution in [0, 0.1) is 0 Å². The summed E-state index contributed by atoms with van der Waals surface area (Å²) in [6.45, 7) is 0. The Morgan fingerprint density at radius 3 is 1.69 bits per heavy atom. The molecule has 2 aromatic heterocycles. The highest BCUT2D eigenvalue weighted by Crippen LogP contribution is 2.40. The van der Waals surface area contributed by atoms with Crippen LogP contribution in [0.15, 0.2) is 188 Å². The van der Waals surface area contributed by atoms with Crippen LogP contribution in [0.25, 0.3) is 99.6 Å². The number of benzene rings is 8. The molecule has 10 aromatic rings. The molecule has 0 radical (unpaired) electrons. The highest BCUT2D eigenvalue weighted by atomic mass is 14.9. The van der Waals surface area contributed by atoms with Gasteiger partial charge in [0.1, 0.15) is 0 Å². The fourth-order valence-electron chi connectivity index (χ4n) is 7.59. The van der Waals surface area contributed by atoms with E-state index in [1.807, 2.05) is 18.3 Å². The van der Waals surface area contributed by atoms with Gasteiger partial charge in [-0.05, 0) is 72.3 Å².